The Balaban J connectivity index is 0.00000231. The molecular formula is C26H21ClN4. The molecule has 0 unspecified atom stereocenters. The van der Waals surface area contributed by atoms with Crippen molar-refractivity contribution in [1.29, 1.82) is 0 Å². The summed E-state index contributed by atoms with van der Waals surface area (Å²) in [6.07, 6.45) is 0. The van der Waals surface area contributed by atoms with Gasteiger partial charge in [0.2, 0.25) is 5.95 Å². The van der Waals surface area contributed by atoms with Gasteiger partial charge in [0.1, 0.15) is 5.82 Å². The van der Waals surface area contributed by atoms with Gasteiger partial charge in [-0.1, -0.05) is 72.8 Å². The summed E-state index contributed by atoms with van der Waals surface area (Å²) in [6.45, 7) is 0. The van der Waals surface area contributed by atoms with Crippen molar-refractivity contribution in [2.45, 2.75) is 0 Å². The maximum Gasteiger partial charge on any atom is 0.229 e. The third-order valence-corrected chi connectivity index (χ3v) is 4.89. The van der Waals surface area contributed by atoms with E-state index in [0.29, 0.717) is 5.95 Å². The topological polar surface area (TPSA) is 49.8 Å². The lowest BCUT2D eigenvalue weighted by Crippen LogP contribution is -2.02. The molecule has 0 aliphatic rings. The van der Waals surface area contributed by atoms with Crippen LogP contribution in [0.1, 0.15) is 0 Å². The summed E-state index contributed by atoms with van der Waals surface area (Å²) in [5.74, 6) is 1.33. The Morgan fingerprint density at radius 2 is 1.06 bits per heavy atom. The number of nitrogens with zero attached hydrogens (tertiary/aromatic N) is 2. The number of hydrogen-bond acceptors (Lipinski definition) is 4. The number of fused-ring (bicyclic) bond motifs is 1. The molecule has 0 saturated carbocycles. The molecule has 5 heteroatoms. The minimum atomic E-state index is 0. The van der Waals surface area contributed by atoms with Crippen molar-refractivity contribution in [3.63, 3.8) is 0 Å². The number of halogens is 1. The fourth-order valence-corrected chi connectivity index (χ4v) is 3.39. The quantitative estimate of drug-likeness (QED) is 0.313. The van der Waals surface area contributed by atoms with Crippen LogP contribution in [-0.2, 0) is 0 Å². The highest BCUT2D eigenvalue weighted by molar-refractivity contribution is 5.92. The third kappa shape index (κ3) is 4.65. The second kappa shape index (κ2) is 9.28. The molecule has 2 N–H and O–H groups in total. The summed E-state index contributed by atoms with van der Waals surface area (Å²) < 4.78 is 0. The molecule has 0 aliphatic carbocycles. The van der Waals surface area contributed by atoms with Crippen molar-refractivity contribution >= 4 is 46.5 Å². The van der Waals surface area contributed by atoms with Gasteiger partial charge in [0, 0.05) is 16.8 Å². The molecule has 0 bridgehead atoms. The van der Waals surface area contributed by atoms with E-state index in [4.69, 9.17) is 9.97 Å². The van der Waals surface area contributed by atoms with Crippen molar-refractivity contribution in [1.82, 2.24) is 9.97 Å². The van der Waals surface area contributed by atoms with E-state index in [1.165, 1.54) is 11.1 Å². The van der Waals surface area contributed by atoms with Gasteiger partial charge in [-0.25, -0.2) is 4.98 Å². The Labute approximate surface area is 187 Å². The molecule has 5 aromatic rings. The average molecular weight is 425 g/mol. The van der Waals surface area contributed by atoms with E-state index < -0.39 is 0 Å². The van der Waals surface area contributed by atoms with Crippen LogP contribution >= 0.6 is 12.4 Å². The van der Waals surface area contributed by atoms with Crippen LogP contribution < -0.4 is 10.6 Å². The molecule has 4 aromatic carbocycles. The number of rotatable bonds is 5. The first-order chi connectivity index (χ1) is 14.8. The van der Waals surface area contributed by atoms with Gasteiger partial charge in [-0.2, -0.15) is 4.98 Å². The largest absolute Gasteiger partial charge is 0.340 e. The first kappa shape index (κ1) is 20.4. The Kier molecular flexibility index (Phi) is 6.11. The maximum absolute atomic E-state index is 4.74. The average Bonchev–Trinajstić information content (AvgIpc) is 2.81. The minimum absolute atomic E-state index is 0. The number of hydrogen-bond donors (Lipinski definition) is 2. The van der Waals surface area contributed by atoms with Crippen LogP contribution in [0.4, 0.5) is 23.1 Å². The standard InChI is InChI=1S/C26H20N4.ClH/c1-3-9-19(10-4-1)20-15-17-22(18-16-20)28-26-29-24-14-8-7-13-23(24)25(30-26)27-21-11-5-2-6-12-21;/h1-18H,(H2,27,28,29,30);1H. The van der Waals surface area contributed by atoms with Gasteiger partial charge in [0.25, 0.3) is 0 Å². The summed E-state index contributed by atoms with van der Waals surface area (Å²) in [5, 5.41) is 7.73. The molecule has 1 aromatic heterocycles. The van der Waals surface area contributed by atoms with Gasteiger partial charge in [-0.3, -0.25) is 0 Å². The molecule has 0 spiro atoms. The lowest BCUT2D eigenvalue weighted by Gasteiger charge is -2.12. The van der Waals surface area contributed by atoms with Crippen molar-refractivity contribution in [3.05, 3.63) is 109 Å². The molecule has 0 saturated heterocycles. The van der Waals surface area contributed by atoms with Crippen LogP contribution in [0.2, 0.25) is 0 Å². The van der Waals surface area contributed by atoms with Crippen LogP contribution in [0.3, 0.4) is 0 Å². The van der Waals surface area contributed by atoms with Crippen LogP contribution in [0.15, 0.2) is 109 Å². The predicted molar refractivity (Wildman–Crippen MR) is 132 cm³/mol. The van der Waals surface area contributed by atoms with E-state index in [2.05, 4.69) is 34.9 Å². The zero-order chi connectivity index (χ0) is 20.2. The van der Waals surface area contributed by atoms with Crippen LogP contribution in [-0.4, -0.2) is 9.97 Å². The molecule has 0 fully saturated rings. The second-order valence-corrected chi connectivity index (χ2v) is 6.97. The van der Waals surface area contributed by atoms with Gasteiger partial charge in [-0.05, 0) is 47.5 Å². The molecule has 0 radical (unpaired) electrons. The normalized spacial score (nSPS) is 10.3. The van der Waals surface area contributed by atoms with Gasteiger partial charge in [0.05, 0.1) is 5.52 Å². The maximum atomic E-state index is 4.74. The zero-order valence-electron chi connectivity index (χ0n) is 16.7. The molecular weight excluding hydrogens is 404 g/mol. The number of aromatic nitrogens is 2. The zero-order valence-corrected chi connectivity index (χ0v) is 17.5. The molecule has 1 heterocycles. The van der Waals surface area contributed by atoms with Crippen LogP contribution in [0, 0.1) is 0 Å². The minimum Gasteiger partial charge on any atom is -0.340 e. The number of para-hydroxylation sites is 2. The Hall–Kier alpha value is -3.89. The first-order valence-electron chi connectivity index (χ1n) is 9.86. The molecule has 0 atom stereocenters. The lowest BCUT2D eigenvalue weighted by molar-refractivity contribution is 1.21. The summed E-state index contributed by atoms with van der Waals surface area (Å²) in [5.41, 5.74) is 5.18. The van der Waals surface area contributed by atoms with E-state index in [1.807, 2.05) is 84.9 Å². The van der Waals surface area contributed by atoms with E-state index in [0.717, 1.165) is 28.1 Å². The van der Waals surface area contributed by atoms with Crippen LogP contribution in [0.5, 0.6) is 0 Å². The van der Waals surface area contributed by atoms with Crippen molar-refractivity contribution in [3.8, 4) is 11.1 Å². The number of benzene rings is 4. The summed E-state index contributed by atoms with van der Waals surface area (Å²) in [7, 11) is 0. The number of nitrogens with one attached hydrogen (secondary N) is 2. The van der Waals surface area contributed by atoms with E-state index in [-0.39, 0.29) is 12.4 Å². The molecule has 31 heavy (non-hydrogen) atoms. The van der Waals surface area contributed by atoms with Gasteiger partial charge in [0.15, 0.2) is 0 Å². The predicted octanol–water partition coefficient (Wildman–Crippen LogP) is 7.21. The Bertz CT molecular complexity index is 1270. The molecule has 5 rings (SSSR count). The van der Waals surface area contributed by atoms with Crippen molar-refractivity contribution in [2.75, 3.05) is 10.6 Å². The summed E-state index contributed by atoms with van der Waals surface area (Å²) >= 11 is 0. The summed E-state index contributed by atoms with van der Waals surface area (Å²) in [4.78, 5) is 9.43. The molecule has 0 aliphatic heterocycles. The van der Waals surface area contributed by atoms with Gasteiger partial charge in [-0.15, -0.1) is 12.4 Å². The fraction of sp³-hybridized carbons (Fsp3) is 0. The Morgan fingerprint density at radius 1 is 0.484 bits per heavy atom. The fourth-order valence-electron chi connectivity index (χ4n) is 3.39. The third-order valence-electron chi connectivity index (χ3n) is 4.89. The lowest BCUT2D eigenvalue weighted by atomic mass is 10.1. The summed E-state index contributed by atoms with van der Waals surface area (Å²) in [6, 6.07) is 36.7. The first-order valence-corrected chi connectivity index (χ1v) is 9.86. The highest BCUT2D eigenvalue weighted by atomic mass is 35.5. The van der Waals surface area contributed by atoms with E-state index in [1.54, 1.807) is 0 Å². The molecule has 0 amide bonds. The van der Waals surface area contributed by atoms with Gasteiger partial charge >= 0.3 is 0 Å². The smallest absolute Gasteiger partial charge is 0.229 e. The SMILES string of the molecule is Cl.c1ccc(Nc2nc(Nc3ccc(-c4ccccc4)cc3)nc3ccccc23)cc1. The van der Waals surface area contributed by atoms with Crippen molar-refractivity contribution in [2.24, 2.45) is 0 Å². The highest BCUT2D eigenvalue weighted by Gasteiger charge is 2.08. The van der Waals surface area contributed by atoms with Gasteiger partial charge < -0.3 is 10.6 Å². The molecule has 152 valence electrons. The number of anilines is 4. The monoisotopic (exact) mass is 424 g/mol. The highest BCUT2D eigenvalue weighted by Crippen LogP contribution is 2.27. The Morgan fingerprint density at radius 3 is 1.81 bits per heavy atom. The second-order valence-electron chi connectivity index (χ2n) is 6.97. The van der Waals surface area contributed by atoms with Crippen LogP contribution in [0.25, 0.3) is 22.0 Å². The molecule has 4 nitrogen and oxygen atoms in total. The van der Waals surface area contributed by atoms with E-state index in [9.17, 15) is 0 Å². The van der Waals surface area contributed by atoms with Crippen molar-refractivity contribution < 1.29 is 0 Å². The van der Waals surface area contributed by atoms with E-state index >= 15 is 0 Å².